The van der Waals surface area contributed by atoms with Gasteiger partial charge in [-0.2, -0.15) is 0 Å². The molecule has 0 bridgehead atoms. The highest BCUT2D eigenvalue weighted by atomic mass is 16.5. The Morgan fingerprint density at radius 1 is 1.33 bits per heavy atom. The van der Waals surface area contributed by atoms with Gasteiger partial charge in [-0.25, -0.2) is 0 Å². The molecule has 2 atom stereocenters. The summed E-state index contributed by atoms with van der Waals surface area (Å²) >= 11 is 0. The lowest BCUT2D eigenvalue weighted by molar-refractivity contribution is -0.108. The van der Waals surface area contributed by atoms with Gasteiger partial charge in [-0.05, 0) is 49.9 Å². The molecule has 1 saturated carbocycles. The Kier molecular flexibility index (Phi) is 4.23. The van der Waals surface area contributed by atoms with Crippen LogP contribution in [-0.4, -0.2) is 23.4 Å². The summed E-state index contributed by atoms with van der Waals surface area (Å²) in [5.74, 6) is 0.944. The van der Waals surface area contributed by atoms with Gasteiger partial charge < -0.3 is 14.6 Å². The molecule has 2 fully saturated rings. The zero-order valence-electron chi connectivity index (χ0n) is 13.1. The maximum absolute atomic E-state index is 9.64. The molecule has 1 N–H and O–H groups in total. The number of aliphatic hydroxyl groups excluding tert-OH is 1. The summed E-state index contributed by atoms with van der Waals surface area (Å²) in [6.07, 6.45) is 6.77. The van der Waals surface area contributed by atoms with E-state index < -0.39 is 6.10 Å². The molecule has 3 nitrogen and oxygen atoms in total. The largest absolute Gasteiger partial charge is 0.490 e. The van der Waals surface area contributed by atoms with Crippen LogP contribution in [0.25, 0.3) is 0 Å². The van der Waals surface area contributed by atoms with E-state index in [1.165, 1.54) is 25.7 Å². The van der Waals surface area contributed by atoms with E-state index in [1.54, 1.807) is 6.92 Å². The van der Waals surface area contributed by atoms with Crippen LogP contribution < -0.4 is 4.74 Å². The molecular formula is C18H26O3. The number of aryl methyl sites for hydroxylation is 1. The highest BCUT2D eigenvalue weighted by Gasteiger charge is 2.40. The van der Waals surface area contributed by atoms with Crippen molar-refractivity contribution < 1.29 is 14.6 Å². The fourth-order valence-corrected chi connectivity index (χ4v) is 3.70. The van der Waals surface area contributed by atoms with Gasteiger partial charge in [0.05, 0.1) is 18.3 Å². The summed E-state index contributed by atoms with van der Waals surface area (Å²) < 4.78 is 12.3. The first-order valence-electron chi connectivity index (χ1n) is 8.17. The molecule has 1 aromatic carbocycles. The molecule has 1 saturated heterocycles. The van der Waals surface area contributed by atoms with Crippen molar-refractivity contribution in [2.24, 2.45) is 0 Å². The highest BCUT2D eigenvalue weighted by Crippen LogP contribution is 2.41. The van der Waals surface area contributed by atoms with Crippen LogP contribution in [0, 0.1) is 6.92 Å². The van der Waals surface area contributed by atoms with E-state index in [0.717, 1.165) is 36.3 Å². The van der Waals surface area contributed by atoms with Crippen molar-refractivity contribution in [1.82, 2.24) is 0 Å². The molecule has 21 heavy (non-hydrogen) atoms. The molecule has 3 heteroatoms. The van der Waals surface area contributed by atoms with Gasteiger partial charge >= 0.3 is 0 Å². The zero-order valence-corrected chi connectivity index (χ0v) is 13.1. The Balaban J connectivity index is 1.68. The van der Waals surface area contributed by atoms with Crippen molar-refractivity contribution in [3.05, 3.63) is 29.3 Å². The predicted octanol–water partition coefficient (Wildman–Crippen LogP) is 3.92. The van der Waals surface area contributed by atoms with Crippen molar-refractivity contribution in [1.29, 1.82) is 0 Å². The lowest BCUT2D eigenvalue weighted by atomic mass is 9.90. The Morgan fingerprint density at radius 2 is 2.10 bits per heavy atom. The molecule has 2 aliphatic rings. The average molecular weight is 290 g/mol. The Labute approximate surface area is 127 Å². The maximum atomic E-state index is 9.64. The lowest BCUT2D eigenvalue weighted by Crippen LogP contribution is -2.41. The smallest absolute Gasteiger partial charge is 0.122 e. The molecule has 116 valence electrons. The van der Waals surface area contributed by atoms with Gasteiger partial charge in [0.1, 0.15) is 11.9 Å². The standard InChI is InChI=1S/C18H26O3/c1-13-11-15(14(2)19)5-6-17(13)21-16-7-10-20-18(12-16)8-3-4-9-18/h5-6,11,14,16,19H,3-4,7-10,12H2,1-2H3/t14-,16?/m1/s1. The quantitative estimate of drug-likeness (QED) is 0.917. The van der Waals surface area contributed by atoms with Crippen LogP contribution in [-0.2, 0) is 4.74 Å². The van der Waals surface area contributed by atoms with Gasteiger partial charge in [-0.15, -0.1) is 0 Å². The molecule has 1 unspecified atom stereocenters. The van der Waals surface area contributed by atoms with Crippen molar-refractivity contribution in [2.75, 3.05) is 6.61 Å². The first-order valence-corrected chi connectivity index (χ1v) is 8.17. The van der Waals surface area contributed by atoms with Gasteiger partial charge in [0, 0.05) is 12.8 Å². The van der Waals surface area contributed by atoms with E-state index in [1.807, 2.05) is 25.1 Å². The second-order valence-corrected chi connectivity index (χ2v) is 6.67. The summed E-state index contributed by atoms with van der Waals surface area (Å²) in [6.45, 7) is 4.65. The van der Waals surface area contributed by atoms with E-state index in [2.05, 4.69) is 0 Å². The summed E-state index contributed by atoms with van der Waals surface area (Å²) in [5, 5.41) is 9.64. The van der Waals surface area contributed by atoms with Gasteiger partial charge in [-0.1, -0.05) is 18.9 Å². The third-order valence-electron chi connectivity index (χ3n) is 4.94. The number of hydrogen-bond acceptors (Lipinski definition) is 3. The van der Waals surface area contributed by atoms with Crippen LogP contribution in [0.5, 0.6) is 5.75 Å². The van der Waals surface area contributed by atoms with E-state index in [0.29, 0.717) is 0 Å². The van der Waals surface area contributed by atoms with Crippen LogP contribution >= 0.6 is 0 Å². The topological polar surface area (TPSA) is 38.7 Å². The normalized spacial score (nSPS) is 26.0. The van der Waals surface area contributed by atoms with Gasteiger partial charge in [0.25, 0.3) is 0 Å². The third-order valence-corrected chi connectivity index (χ3v) is 4.94. The first kappa shape index (κ1) is 14.9. The molecule has 3 rings (SSSR count). The van der Waals surface area contributed by atoms with Crippen molar-refractivity contribution in [3.63, 3.8) is 0 Å². The maximum Gasteiger partial charge on any atom is 0.122 e. The Hall–Kier alpha value is -1.06. The molecule has 1 aliphatic carbocycles. The highest BCUT2D eigenvalue weighted by molar-refractivity contribution is 5.37. The SMILES string of the molecule is Cc1cc([C@@H](C)O)ccc1OC1CCOC2(CCCC2)C1. The molecule has 0 aromatic heterocycles. The average Bonchev–Trinajstić information content (AvgIpc) is 2.89. The second-order valence-electron chi connectivity index (χ2n) is 6.67. The Bertz CT molecular complexity index is 489. The summed E-state index contributed by atoms with van der Waals surface area (Å²) in [5.41, 5.74) is 2.13. The number of hydrogen-bond donors (Lipinski definition) is 1. The summed E-state index contributed by atoms with van der Waals surface area (Å²) in [4.78, 5) is 0. The predicted molar refractivity (Wildman–Crippen MR) is 82.6 cm³/mol. The fraction of sp³-hybridized carbons (Fsp3) is 0.667. The van der Waals surface area contributed by atoms with Crippen LogP contribution in [0.1, 0.15) is 62.7 Å². The molecule has 1 heterocycles. The van der Waals surface area contributed by atoms with Crippen LogP contribution in [0.4, 0.5) is 0 Å². The van der Waals surface area contributed by atoms with E-state index in [4.69, 9.17) is 9.47 Å². The number of ether oxygens (including phenoxy) is 2. The molecule has 1 aliphatic heterocycles. The minimum absolute atomic E-state index is 0.0936. The van der Waals surface area contributed by atoms with Crippen molar-refractivity contribution >= 4 is 0 Å². The van der Waals surface area contributed by atoms with Gasteiger partial charge in [0.15, 0.2) is 0 Å². The Morgan fingerprint density at radius 3 is 2.76 bits per heavy atom. The van der Waals surface area contributed by atoms with Crippen molar-refractivity contribution in [2.45, 2.75) is 70.2 Å². The van der Waals surface area contributed by atoms with E-state index in [-0.39, 0.29) is 11.7 Å². The molecule has 1 aromatic rings. The third kappa shape index (κ3) is 3.24. The molecule has 1 spiro atoms. The minimum Gasteiger partial charge on any atom is -0.490 e. The van der Waals surface area contributed by atoms with Gasteiger partial charge in [0.2, 0.25) is 0 Å². The molecule has 0 amide bonds. The van der Waals surface area contributed by atoms with E-state index >= 15 is 0 Å². The monoisotopic (exact) mass is 290 g/mol. The van der Waals surface area contributed by atoms with E-state index in [9.17, 15) is 5.11 Å². The first-order chi connectivity index (χ1) is 10.1. The van der Waals surface area contributed by atoms with Gasteiger partial charge in [-0.3, -0.25) is 0 Å². The number of aliphatic hydroxyl groups is 1. The fourth-order valence-electron chi connectivity index (χ4n) is 3.70. The number of benzene rings is 1. The minimum atomic E-state index is -0.428. The van der Waals surface area contributed by atoms with Crippen LogP contribution in [0.15, 0.2) is 18.2 Å². The lowest BCUT2D eigenvalue weighted by Gasteiger charge is -2.38. The van der Waals surface area contributed by atoms with Crippen molar-refractivity contribution in [3.8, 4) is 5.75 Å². The van der Waals surface area contributed by atoms with Crippen LogP contribution in [0.2, 0.25) is 0 Å². The summed E-state index contributed by atoms with van der Waals surface area (Å²) in [7, 11) is 0. The summed E-state index contributed by atoms with van der Waals surface area (Å²) in [6, 6.07) is 5.97. The second kappa shape index (κ2) is 5.98. The zero-order chi connectivity index (χ0) is 14.9. The molecular weight excluding hydrogens is 264 g/mol. The van der Waals surface area contributed by atoms with Crippen LogP contribution in [0.3, 0.4) is 0 Å². The number of rotatable bonds is 3. The molecule has 0 radical (unpaired) electrons.